The Morgan fingerprint density at radius 2 is 1.75 bits per heavy atom. The Morgan fingerprint density at radius 3 is 2.61 bits per heavy atom. The van der Waals surface area contributed by atoms with E-state index in [0.29, 0.717) is 13.0 Å². The second kappa shape index (κ2) is 10.5. The van der Waals surface area contributed by atoms with Crippen molar-refractivity contribution in [1.82, 2.24) is 19.8 Å². The average molecular weight is 494 g/mol. The molecule has 4 bridgehead atoms. The van der Waals surface area contributed by atoms with Gasteiger partial charge in [-0.05, 0) is 25.0 Å². The number of hydrogen-bond acceptors (Lipinski definition) is 9. The van der Waals surface area contributed by atoms with E-state index in [4.69, 9.17) is 9.47 Å². The number of piperazine rings is 1. The number of morpholine rings is 1. The lowest BCUT2D eigenvalue weighted by Crippen LogP contribution is -2.49. The van der Waals surface area contributed by atoms with Gasteiger partial charge < -0.3 is 29.9 Å². The number of carbonyl (C=O) groups excluding carboxylic acids is 1. The number of nitrogens with zero attached hydrogens (tertiary/aromatic N) is 5. The number of nitrogens with one attached hydrogen (secondary N) is 2. The first-order valence-electron chi connectivity index (χ1n) is 13.2. The summed E-state index contributed by atoms with van der Waals surface area (Å²) in [5.74, 6) is 3.15. The van der Waals surface area contributed by atoms with Crippen LogP contribution in [-0.4, -0.2) is 97.9 Å². The van der Waals surface area contributed by atoms with E-state index in [2.05, 4.69) is 48.6 Å². The third-order valence-electron chi connectivity index (χ3n) is 7.63. The molecule has 2 aromatic rings. The standard InChI is InChI=1S/C26H35N7O3/c34-23-3-1-2-12-36-22-15-20(4-5-21(22)32-10-13-35-14-11-32)30-26-24-19(16-27-25(24)28-18-29-26)17-31-6-8-33(23)9-7-31/h4-5,15,18-19H,1-3,6-14,16-17H2,(H2,27,28,29,30). The van der Waals surface area contributed by atoms with Crippen LogP contribution in [0.25, 0.3) is 0 Å². The maximum Gasteiger partial charge on any atom is 0.222 e. The normalized spacial score (nSPS) is 24.7. The minimum absolute atomic E-state index is 0.263. The summed E-state index contributed by atoms with van der Waals surface area (Å²) in [6.07, 6.45) is 3.89. The van der Waals surface area contributed by atoms with Gasteiger partial charge in [0, 0.05) is 82.0 Å². The van der Waals surface area contributed by atoms with Crippen LogP contribution in [0.4, 0.5) is 23.0 Å². The summed E-state index contributed by atoms with van der Waals surface area (Å²) in [4.78, 5) is 28.7. The number of anilines is 4. The molecular weight excluding hydrogens is 458 g/mol. The van der Waals surface area contributed by atoms with E-state index >= 15 is 0 Å². The van der Waals surface area contributed by atoms with Crippen LogP contribution in [0.5, 0.6) is 5.75 Å². The molecule has 192 valence electrons. The fourth-order valence-corrected chi connectivity index (χ4v) is 5.62. The van der Waals surface area contributed by atoms with Gasteiger partial charge in [-0.25, -0.2) is 9.97 Å². The molecule has 7 rings (SSSR count). The maximum absolute atomic E-state index is 12.8. The summed E-state index contributed by atoms with van der Waals surface area (Å²) in [6.45, 7) is 8.88. The highest BCUT2D eigenvalue weighted by Crippen LogP contribution is 2.38. The van der Waals surface area contributed by atoms with Crippen molar-refractivity contribution in [3.8, 4) is 5.75 Å². The van der Waals surface area contributed by atoms with Crippen LogP contribution in [-0.2, 0) is 9.53 Å². The summed E-state index contributed by atoms with van der Waals surface area (Å²) in [5.41, 5.74) is 3.16. The van der Waals surface area contributed by atoms with E-state index in [1.807, 2.05) is 4.90 Å². The maximum atomic E-state index is 12.8. The lowest BCUT2D eigenvalue weighted by molar-refractivity contribution is -0.133. The SMILES string of the molecule is O=C1CCCCOc2cc(ccc2N2CCOCC2)Nc2ncnc3c2C(CN3)CN2CCN1CC2. The molecule has 2 saturated heterocycles. The van der Waals surface area contributed by atoms with E-state index in [1.54, 1.807) is 6.33 Å². The van der Waals surface area contributed by atoms with Crippen LogP contribution in [0.3, 0.4) is 0 Å². The number of aromatic nitrogens is 2. The largest absolute Gasteiger partial charge is 0.491 e. The van der Waals surface area contributed by atoms with Crippen LogP contribution in [0, 0.1) is 0 Å². The summed E-state index contributed by atoms with van der Waals surface area (Å²) in [5, 5.41) is 7.04. The van der Waals surface area contributed by atoms with Crippen LogP contribution in [0.15, 0.2) is 24.5 Å². The van der Waals surface area contributed by atoms with Crippen molar-refractivity contribution in [2.75, 3.05) is 87.7 Å². The van der Waals surface area contributed by atoms with Crippen molar-refractivity contribution < 1.29 is 14.3 Å². The number of ether oxygens (including phenoxy) is 2. The van der Waals surface area contributed by atoms with Crippen molar-refractivity contribution in [3.05, 3.63) is 30.1 Å². The van der Waals surface area contributed by atoms with Gasteiger partial charge in [0.15, 0.2) is 0 Å². The minimum atomic E-state index is 0.263. The Labute approximate surface area is 212 Å². The monoisotopic (exact) mass is 493 g/mol. The van der Waals surface area contributed by atoms with Gasteiger partial charge >= 0.3 is 0 Å². The van der Waals surface area contributed by atoms with Gasteiger partial charge in [0.05, 0.1) is 25.5 Å². The van der Waals surface area contributed by atoms with Gasteiger partial charge in [-0.15, -0.1) is 0 Å². The number of amides is 1. The summed E-state index contributed by atoms with van der Waals surface area (Å²) in [6, 6.07) is 6.29. The fourth-order valence-electron chi connectivity index (χ4n) is 5.62. The van der Waals surface area contributed by atoms with E-state index < -0.39 is 0 Å². The van der Waals surface area contributed by atoms with Gasteiger partial charge in [0.1, 0.15) is 23.7 Å². The van der Waals surface area contributed by atoms with E-state index in [0.717, 1.165) is 113 Å². The van der Waals surface area contributed by atoms with Gasteiger partial charge in [-0.2, -0.15) is 0 Å². The molecule has 5 aliphatic rings. The zero-order chi connectivity index (χ0) is 24.3. The first-order valence-corrected chi connectivity index (χ1v) is 13.2. The molecule has 36 heavy (non-hydrogen) atoms. The second-order valence-electron chi connectivity index (χ2n) is 9.96. The molecule has 1 atom stereocenters. The molecule has 0 saturated carbocycles. The van der Waals surface area contributed by atoms with E-state index in [9.17, 15) is 4.79 Å². The lowest BCUT2D eigenvalue weighted by atomic mass is 10.0. The number of benzene rings is 1. The van der Waals surface area contributed by atoms with Crippen molar-refractivity contribution >= 4 is 28.9 Å². The molecule has 0 aliphatic carbocycles. The highest BCUT2D eigenvalue weighted by molar-refractivity contribution is 5.76. The molecule has 6 heterocycles. The highest BCUT2D eigenvalue weighted by Gasteiger charge is 2.31. The van der Waals surface area contributed by atoms with Crippen LogP contribution in [0.2, 0.25) is 0 Å². The van der Waals surface area contributed by atoms with Crippen LogP contribution >= 0.6 is 0 Å². The van der Waals surface area contributed by atoms with Crippen molar-refractivity contribution in [2.45, 2.75) is 25.2 Å². The predicted octanol–water partition coefficient (Wildman–Crippen LogP) is 2.27. The molecule has 5 aliphatic heterocycles. The molecular formula is C26H35N7O3. The Hall–Kier alpha value is -3.11. The Balaban J connectivity index is 1.31. The Bertz CT molecular complexity index is 1080. The number of hydrogen-bond donors (Lipinski definition) is 2. The topological polar surface area (TPSA) is 95.1 Å². The fraction of sp³-hybridized carbons (Fsp3) is 0.577. The quantitative estimate of drug-likeness (QED) is 0.620. The van der Waals surface area contributed by atoms with Gasteiger partial charge in [-0.3, -0.25) is 9.69 Å². The highest BCUT2D eigenvalue weighted by atomic mass is 16.5. The summed E-state index contributed by atoms with van der Waals surface area (Å²) >= 11 is 0. The average Bonchev–Trinajstić information content (AvgIpc) is 3.32. The van der Waals surface area contributed by atoms with Gasteiger partial charge in [-0.1, -0.05) is 0 Å². The van der Waals surface area contributed by atoms with Gasteiger partial charge in [0.2, 0.25) is 5.91 Å². The van der Waals surface area contributed by atoms with Gasteiger partial charge in [0.25, 0.3) is 0 Å². The molecule has 2 fully saturated rings. The first-order chi connectivity index (χ1) is 17.7. The van der Waals surface area contributed by atoms with Crippen LogP contribution in [0.1, 0.15) is 30.7 Å². The second-order valence-corrected chi connectivity index (χ2v) is 9.96. The predicted molar refractivity (Wildman–Crippen MR) is 138 cm³/mol. The smallest absolute Gasteiger partial charge is 0.222 e. The molecule has 10 nitrogen and oxygen atoms in total. The minimum Gasteiger partial charge on any atom is -0.491 e. The molecule has 2 N–H and O–H groups in total. The molecule has 1 aromatic heterocycles. The van der Waals surface area contributed by atoms with Crippen molar-refractivity contribution in [3.63, 3.8) is 0 Å². The first kappa shape index (κ1) is 23.3. The molecule has 1 unspecified atom stereocenters. The summed E-state index contributed by atoms with van der Waals surface area (Å²) < 4.78 is 11.9. The Morgan fingerprint density at radius 1 is 0.917 bits per heavy atom. The van der Waals surface area contributed by atoms with E-state index in [-0.39, 0.29) is 11.8 Å². The van der Waals surface area contributed by atoms with E-state index in [1.165, 1.54) is 0 Å². The molecule has 10 heteroatoms. The number of carbonyl (C=O) groups is 1. The lowest BCUT2D eigenvalue weighted by Gasteiger charge is -2.36. The molecule has 0 spiro atoms. The molecule has 1 amide bonds. The Kier molecular flexibility index (Phi) is 6.78. The zero-order valence-electron chi connectivity index (χ0n) is 20.7. The third-order valence-corrected chi connectivity index (χ3v) is 7.63. The van der Waals surface area contributed by atoms with Crippen LogP contribution < -0.4 is 20.3 Å². The van der Waals surface area contributed by atoms with Crippen molar-refractivity contribution in [1.29, 1.82) is 0 Å². The number of rotatable bonds is 1. The zero-order valence-corrected chi connectivity index (χ0v) is 20.7. The van der Waals surface area contributed by atoms with Crippen molar-refractivity contribution in [2.24, 2.45) is 0 Å². The number of fused-ring (bicyclic) bond motifs is 7. The summed E-state index contributed by atoms with van der Waals surface area (Å²) in [7, 11) is 0. The molecule has 0 radical (unpaired) electrons. The molecule has 1 aromatic carbocycles. The third kappa shape index (κ3) is 4.92.